The number of carbonyl (C=O) groups excluding carboxylic acids is 3. The molecule has 0 unspecified atom stereocenters. The van der Waals surface area contributed by atoms with Crippen LogP contribution in [0.2, 0.25) is 0 Å². The van der Waals surface area contributed by atoms with E-state index in [0.29, 0.717) is 25.9 Å². The number of hydrogen-bond donors (Lipinski definition) is 1. The quantitative estimate of drug-likeness (QED) is 0.784. The van der Waals surface area contributed by atoms with E-state index >= 15 is 0 Å². The van der Waals surface area contributed by atoms with Gasteiger partial charge in [0.1, 0.15) is 12.1 Å². The number of hydrogen-bond acceptors (Lipinski definition) is 4. The van der Waals surface area contributed by atoms with Gasteiger partial charge in [-0.3, -0.25) is 9.59 Å². The summed E-state index contributed by atoms with van der Waals surface area (Å²) in [6, 6.07) is 0.112. The molecular weight excluding hydrogens is 322 g/mol. The van der Waals surface area contributed by atoms with Crippen molar-refractivity contribution >= 4 is 17.9 Å². The number of amides is 3. The summed E-state index contributed by atoms with van der Waals surface area (Å²) in [5.74, 6) is -0.512. The van der Waals surface area contributed by atoms with Gasteiger partial charge in [0.25, 0.3) is 0 Å². The molecule has 0 radical (unpaired) electrons. The molecule has 0 bridgehead atoms. The smallest absolute Gasteiger partial charge is 0.325 e. The highest BCUT2D eigenvalue weighted by Crippen LogP contribution is 2.38. The predicted molar refractivity (Wildman–Crippen MR) is 91.9 cm³/mol. The van der Waals surface area contributed by atoms with Crippen molar-refractivity contribution in [1.29, 1.82) is 0 Å². The number of piperidine rings is 1. The average molecular weight is 351 g/mol. The maximum absolute atomic E-state index is 13.1. The van der Waals surface area contributed by atoms with Gasteiger partial charge in [-0.25, -0.2) is 4.79 Å². The number of urea groups is 1. The van der Waals surface area contributed by atoms with E-state index in [9.17, 15) is 14.4 Å². The lowest BCUT2D eigenvalue weighted by molar-refractivity contribution is -0.154. The first-order chi connectivity index (χ1) is 12.1. The molecule has 7 heteroatoms. The van der Waals surface area contributed by atoms with Crippen molar-refractivity contribution in [1.82, 2.24) is 15.1 Å². The summed E-state index contributed by atoms with van der Waals surface area (Å²) in [5, 5.41) is 3.14. The maximum Gasteiger partial charge on any atom is 0.325 e. The zero-order valence-electron chi connectivity index (χ0n) is 15.1. The van der Waals surface area contributed by atoms with Crippen molar-refractivity contribution in [3.8, 4) is 0 Å². The Balaban J connectivity index is 1.70. The molecule has 2 aliphatic heterocycles. The first-order valence-corrected chi connectivity index (χ1v) is 9.51. The van der Waals surface area contributed by atoms with Gasteiger partial charge >= 0.3 is 12.0 Å². The summed E-state index contributed by atoms with van der Waals surface area (Å²) in [6.45, 7) is 1.12. The number of likely N-dealkylation sites (tertiary alicyclic amines) is 2. The van der Waals surface area contributed by atoms with Crippen LogP contribution in [0.4, 0.5) is 4.79 Å². The third kappa shape index (κ3) is 3.60. The molecule has 0 aromatic heterocycles. The topological polar surface area (TPSA) is 79.0 Å². The van der Waals surface area contributed by atoms with E-state index in [0.717, 1.165) is 38.5 Å². The molecule has 140 valence electrons. The van der Waals surface area contributed by atoms with E-state index in [1.54, 1.807) is 9.80 Å². The standard InChI is InChI=1S/C18H29N3O4/c1-25-15(22)13-20-11-5-9-18(16(20)23)10-6-12-21(18)17(24)19-14-7-3-2-4-8-14/h14H,2-13H2,1H3,(H,19,24)/t18-/m0/s1. The molecule has 1 aliphatic carbocycles. The van der Waals surface area contributed by atoms with E-state index < -0.39 is 11.5 Å². The van der Waals surface area contributed by atoms with Crippen LogP contribution >= 0.6 is 0 Å². The van der Waals surface area contributed by atoms with E-state index in [4.69, 9.17) is 4.74 Å². The van der Waals surface area contributed by atoms with Gasteiger partial charge in [-0.05, 0) is 38.5 Å². The largest absolute Gasteiger partial charge is 0.468 e. The van der Waals surface area contributed by atoms with Crippen molar-refractivity contribution in [3.05, 3.63) is 0 Å². The van der Waals surface area contributed by atoms with Crippen molar-refractivity contribution in [2.24, 2.45) is 0 Å². The van der Waals surface area contributed by atoms with E-state index in [1.807, 2.05) is 0 Å². The third-order valence-electron chi connectivity index (χ3n) is 5.92. The first-order valence-electron chi connectivity index (χ1n) is 9.51. The van der Waals surface area contributed by atoms with Crippen LogP contribution in [-0.4, -0.2) is 66.0 Å². The van der Waals surface area contributed by atoms with Crippen LogP contribution in [0.15, 0.2) is 0 Å². The van der Waals surface area contributed by atoms with Crippen LogP contribution in [0.5, 0.6) is 0 Å². The van der Waals surface area contributed by atoms with Gasteiger partial charge in [-0.1, -0.05) is 19.3 Å². The van der Waals surface area contributed by atoms with Crippen LogP contribution in [0.25, 0.3) is 0 Å². The molecule has 25 heavy (non-hydrogen) atoms. The lowest BCUT2D eigenvalue weighted by Crippen LogP contribution is -2.64. The van der Waals surface area contributed by atoms with E-state index in [-0.39, 0.29) is 24.5 Å². The van der Waals surface area contributed by atoms with Gasteiger partial charge in [0.15, 0.2) is 0 Å². The molecule has 3 aliphatic rings. The summed E-state index contributed by atoms with van der Waals surface area (Å²) >= 11 is 0. The molecular formula is C18H29N3O4. The predicted octanol–water partition coefficient (Wildman–Crippen LogP) is 1.66. The fourth-order valence-electron chi connectivity index (χ4n) is 4.59. The van der Waals surface area contributed by atoms with E-state index in [1.165, 1.54) is 13.5 Å². The van der Waals surface area contributed by atoms with Crippen LogP contribution in [0, 0.1) is 0 Å². The molecule has 1 spiro atoms. The van der Waals surface area contributed by atoms with Crippen LogP contribution in [0.1, 0.15) is 57.8 Å². The van der Waals surface area contributed by atoms with Gasteiger partial charge in [0.05, 0.1) is 7.11 Å². The summed E-state index contributed by atoms with van der Waals surface area (Å²) in [5.41, 5.74) is -0.773. The molecule has 0 aromatic carbocycles. The zero-order valence-corrected chi connectivity index (χ0v) is 15.1. The zero-order chi connectivity index (χ0) is 17.9. The summed E-state index contributed by atoms with van der Waals surface area (Å²) in [4.78, 5) is 40.9. The molecule has 2 saturated heterocycles. The van der Waals surface area contributed by atoms with Gasteiger partial charge < -0.3 is 19.9 Å². The maximum atomic E-state index is 13.1. The van der Waals surface area contributed by atoms with Crippen LogP contribution in [0.3, 0.4) is 0 Å². The summed E-state index contributed by atoms with van der Waals surface area (Å²) in [7, 11) is 1.33. The molecule has 3 fully saturated rings. The average Bonchev–Trinajstić information content (AvgIpc) is 3.04. The number of esters is 1. The van der Waals surface area contributed by atoms with Crippen molar-refractivity contribution in [3.63, 3.8) is 0 Å². The SMILES string of the molecule is COC(=O)CN1CCC[C@]2(CCCN2C(=O)NC2CCCCC2)C1=O. The molecule has 2 heterocycles. The number of nitrogens with one attached hydrogen (secondary N) is 1. The lowest BCUT2D eigenvalue weighted by atomic mass is 9.85. The third-order valence-corrected chi connectivity index (χ3v) is 5.92. The highest BCUT2D eigenvalue weighted by molar-refractivity contribution is 5.94. The minimum absolute atomic E-state index is 0.0326. The lowest BCUT2D eigenvalue weighted by Gasteiger charge is -2.44. The molecule has 1 N–H and O–H groups in total. The minimum Gasteiger partial charge on any atom is -0.468 e. The molecule has 1 atom stereocenters. The second-order valence-corrected chi connectivity index (χ2v) is 7.48. The van der Waals surface area contributed by atoms with Gasteiger partial charge in [0.2, 0.25) is 5.91 Å². The van der Waals surface area contributed by atoms with Crippen molar-refractivity contribution in [2.75, 3.05) is 26.7 Å². The number of ether oxygens (including phenoxy) is 1. The Morgan fingerprint density at radius 1 is 1.12 bits per heavy atom. The summed E-state index contributed by atoms with van der Waals surface area (Å²) in [6.07, 6.45) is 8.59. The van der Waals surface area contributed by atoms with Crippen molar-refractivity contribution in [2.45, 2.75) is 69.4 Å². The number of rotatable bonds is 3. The highest BCUT2D eigenvalue weighted by atomic mass is 16.5. The normalized spacial score (nSPS) is 27.6. The summed E-state index contributed by atoms with van der Waals surface area (Å²) < 4.78 is 4.70. The van der Waals surface area contributed by atoms with Gasteiger partial charge in [-0.2, -0.15) is 0 Å². The van der Waals surface area contributed by atoms with Gasteiger partial charge in [0, 0.05) is 19.1 Å². The van der Waals surface area contributed by atoms with Gasteiger partial charge in [-0.15, -0.1) is 0 Å². The highest BCUT2D eigenvalue weighted by Gasteiger charge is 2.53. The minimum atomic E-state index is -0.773. The Morgan fingerprint density at radius 3 is 2.48 bits per heavy atom. The number of methoxy groups -OCH3 is 1. The Labute approximate surface area is 149 Å². The fourth-order valence-corrected chi connectivity index (χ4v) is 4.59. The Bertz CT molecular complexity index is 532. The molecule has 0 aromatic rings. The second-order valence-electron chi connectivity index (χ2n) is 7.48. The van der Waals surface area contributed by atoms with E-state index in [2.05, 4.69) is 5.32 Å². The number of nitrogens with zero attached hydrogens (tertiary/aromatic N) is 2. The van der Waals surface area contributed by atoms with Crippen LogP contribution in [-0.2, 0) is 14.3 Å². The first kappa shape index (κ1) is 18.0. The monoisotopic (exact) mass is 351 g/mol. The molecule has 1 saturated carbocycles. The fraction of sp³-hybridized carbons (Fsp3) is 0.833. The Hall–Kier alpha value is -1.79. The number of carbonyl (C=O) groups is 3. The molecule has 3 amide bonds. The van der Waals surface area contributed by atoms with Crippen LogP contribution < -0.4 is 5.32 Å². The van der Waals surface area contributed by atoms with Crippen molar-refractivity contribution < 1.29 is 19.1 Å². The Kier molecular flexibility index (Phi) is 5.49. The second kappa shape index (κ2) is 7.62. The molecule has 3 rings (SSSR count). The Morgan fingerprint density at radius 2 is 1.80 bits per heavy atom. The molecule has 7 nitrogen and oxygen atoms in total.